The van der Waals surface area contributed by atoms with Gasteiger partial charge < -0.3 is 4.74 Å². The maximum atomic E-state index is 12.4. The molecule has 0 heterocycles. The zero-order chi connectivity index (χ0) is 14.3. The van der Waals surface area contributed by atoms with E-state index in [1.807, 2.05) is 0 Å². The van der Waals surface area contributed by atoms with E-state index >= 15 is 0 Å². The Hall–Kier alpha value is -0.780. The van der Waals surface area contributed by atoms with Crippen LogP contribution in [-0.4, -0.2) is 21.6 Å². The molecule has 0 saturated heterocycles. The molecule has 6 heteroatoms. The van der Waals surface area contributed by atoms with Crippen molar-refractivity contribution in [3.8, 4) is 5.75 Å². The summed E-state index contributed by atoms with van der Waals surface area (Å²) in [7, 11) is -2.00. The summed E-state index contributed by atoms with van der Waals surface area (Å²) in [5.41, 5.74) is 0. The zero-order valence-corrected chi connectivity index (χ0v) is 12.9. The number of halogens is 1. The summed E-state index contributed by atoms with van der Waals surface area (Å²) in [6.45, 7) is 0. The number of rotatable bonds is 4. The van der Waals surface area contributed by atoms with Crippen LogP contribution in [0.4, 0.5) is 0 Å². The molecule has 3 rings (SSSR count). The predicted octanol–water partition coefficient (Wildman–Crippen LogP) is 2.82. The number of ether oxygens (including phenoxy) is 1. The molecule has 0 unspecified atom stereocenters. The first-order valence-corrected chi connectivity index (χ1v) is 8.71. The van der Waals surface area contributed by atoms with Crippen LogP contribution in [0.15, 0.2) is 23.1 Å². The molecule has 0 aliphatic heterocycles. The van der Waals surface area contributed by atoms with Gasteiger partial charge >= 0.3 is 0 Å². The van der Waals surface area contributed by atoms with Crippen LogP contribution in [0.25, 0.3) is 0 Å². The van der Waals surface area contributed by atoms with Gasteiger partial charge in [0, 0.05) is 6.04 Å². The number of nitrogens with one attached hydrogen (secondary N) is 1. The molecule has 0 amide bonds. The van der Waals surface area contributed by atoms with Gasteiger partial charge in [-0.25, -0.2) is 13.1 Å². The first kappa shape index (κ1) is 14.2. The highest BCUT2D eigenvalue weighted by molar-refractivity contribution is 7.89. The Bertz CT molecular complexity index is 617. The smallest absolute Gasteiger partial charge is 0.240 e. The fourth-order valence-corrected chi connectivity index (χ4v) is 5.14. The minimum Gasteiger partial charge on any atom is -0.495 e. The minimum atomic E-state index is -3.50. The van der Waals surface area contributed by atoms with E-state index in [0.29, 0.717) is 22.6 Å². The Labute approximate surface area is 124 Å². The van der Waals surface area contributed by atoms with Crippen molar-refractivity contribution in [2.45, 2.75) is 36.6 Å². The quantitative estimate of drug-likeness (QED) is 0.929. The molecule has 2 bridgehead atoms. The fourth-order valence-electron chi connectivity index (χ4n) is 3.47. The van der Waals surface area contributed by atoms with Crippen molar-refractivity contribution in [1.82, 2.24) is 4.72 Å². The highest BCUT2D eigenvalue weighted by Gasteiger charge is 2.41. The van der Waals surface area contributed by atoms with Crippen LogP contribution in [0.2, 0.25) is 5.02 Å². The van der Waals surface area contributed by atoms with Crippen LogP contribution >= 0.6 is 11.6 Å². The maximum Gasteiger partial charge on any atom is 0.240 e. The molecular weight excluding hydrogens is 298 g/mol. The van der Waals surface area contributed by atoms with Crippen molar-refractivity contribution in [3.05, 3.63) is 23.2 Å². The summed E-state index contributed by atoms with van der Waals surface area (Å²) in [6.07, 6.45) is 4.52. The number of sulfonamides is 1. The Balaban J connectivity index is 1.79. The topological polar surface area (TPSA) is 55.4 Å². The van der Waals surface area contributed by atoms with Gasteiger partial charge in [-0.1, -0.05) is 18.0 Å². The third kappa shape index (κ3) is 2.54. The van der Waals surface area contributed by atoms with Gasteiger partial charge in [0.15, 0.2) is 0 Å². The van der Waals surface area contributed by atoms with E-state index in [2.05, 4.69) is 4.72 Å². The third-order valence-electron chi connectivity index (χ3n) is 4.48. The molecule has 110 valence electrons. The van der Waals surface area contributed by atoms with Gasteiger partial charge in [0.25, 0.3) is 0 Å². The van der Waals surface area contributed by atoms with Gasteiger partial charge in [0.05, 0.1) is 17.0 Å². The van der Waals surface area contributed by atoms with Crippen LogP contribution in [0, 0.1) is 11.8 Å². The lowest BCUT2D eigenvalue weighted by molar-refractivity contribution is 0.390. The average molecular weight is 316 g/mol. The molecule has 20 heavy (non-hydrogen) atoms. The molecular formula is C14H18ClNO3S. The first-order chi connectivity index (χ1) is 9.49. The summed E-state index contributed by atoms with van der Waals surface area (Å²) in [4.78, 5) is 0.200. The van der Waals surface area contributed by atoms with Crippen molar-refractivity contribution < 1.29 is 13.2 Å². The molecule has 3 atom stereocenters. The lowest BCUT2D eigenvalue weighted by Crippen LogP contribution is -2.38. The molecule has 2 fully saturated rings. The Morgan fingerprint density at radius 2 is 2.10 bits per heavy atom. The highest BCUT2D eigenvalue weighted by Crippen LogP contribution is 2.44. The van der Waals surface area contributed by atoms with E-state index < -0.39 is 10.0 Å². The van der Waals surface area contributed by atoms with Gasteiger partial charge in [-0.3, -0.25) is 0 Å². The van der Waals surface area contributed by atoms with Gasteiger partial charge in [-0.05, 0) is 49.3 Å². The van der Waals surface area contributed by atoms with Gasteiger partial charge in [0.2, 0.25) is 10.0 Å². The van der Waals surface area contributed by atoms with Gasteiger partial charge in [0.1, 0.15) is 5.75 Å². The fraction of sp³-hybridized carbons (Fsp3) is 0.571. The Kier molecular flexibility index (Phi) is 3.69. The summed E-state index contributed by atoms with van der Waals surface area (Å²) in [6, 6.07) is 4.63. The standard InChI is InChI=1S/C14H18ClNO3S/c1-19-14-5-4-11(8-12(14)15)20(17,18)16-13-7-9-2-3-10(13)6-9/h4-5,8-10,13,16H,2-3,6-7H2,1H3/t9-,10+,13+/m1/s1. The summed E-state index contributed by atoms with van der Waals surface area (Å²) < 4.78 is 32.7. The summed E-state index contributed by atoms with van der Waals surface area (Å²) in [5, 5.41) is 0.309. The van der Waals surface area contributed by atoms with Crippen molar-refractivity contribution in [3.63, 3.8) is 0 Å². The molecule has 2 aliphatic carbocycles. The summed E-state index contributed by atoms with van der Waals surface area (Å²) in [5.74, 6) is 1.68. The molecule has 1 aromatic rings. The van der Waals surface area contributed by atoms with E-state index in [1.165, 1.54) is 25.7 Å². The molecule has 4 nitrogen and oxygen atoms in total. The van der Waals surface area contributed by atoms with Crippen molar-refractivity contribution in [1.29, 1.82) is 0 Å². The zero-order valence-electron chi connectivity index (χ0n) is 11.3. The van der Waals surface area contributed by atoms with Crippen LogP contribution < -0.4 is 9.46 Å². The second-order valence-corrected chi connectivity index (χ2v) is 7.82. The maximum absolute atomic E-state index is 12.4. The van der Waals surface area contributed by atoms with E-state index in [9.17, 15) is 8.42 Å². The van der Waals surface area contributed by atoms with Gasteiger partial charge in [-0.15, -0.1) is 0 Å². The second-order valence-electron chi connectivity index (χ2n) is 5.70. The number of benzene rings is 1. The Morgan fingerprint density at radius 1 is 1.30 bits per heavy atom. The van der Waals surface area contributed by atoms with E-state index in [4.69, 9.17) is 16.3 Å². The first-order valence-electron chi connectivity index (χ1n) is 6.85. The van der Waals surface area contributed by atoms with Crippen LogP contribution in [-0.2, 0) is 10.0 Å². The molecule has 1 N–H and O–H groups in total. The van der Waals surface area contributed by atoms with E-state index in [-0.39, 0.29) is 10.9 Å². The second kappa shape index (κ2) is 5.20. The molecule has 0 radical (unpaired) electrons. The number of methoxy groups -OCH3 is 1. The SMILES string of the molecule is COc1ccc(S(=O)(=O)N[C@H]2C[C@@H]3CC[C@H]2C3)cc1Cl. The third-order valence-corrected chi connectivity index (χ3v) is 6.26. The van der Waals surface area contributed by atoms with Crippen LogP contribution in [0.5, 0.6) is 5.75 Å². The highest BCUT2D eigenvalue weighted by atomic mass is 35.5. The van der Waals surface area contributed by atoms with Gasteiger partial charge in [-0.2, -0.15) is 0 Å². The lowest BCUT2D eigenvalue weighted by atomic mass is 9.96. The number of hydrogen-bond donors (Lipinski definition) is 1. The van der Waals surface area contributed by atoms with Crippen molar-refractivity contribution in [2.75, 3.05) is 7.11 Å². The summed E-state index contributed by atoms with van der Waals surface area (Å²) >= 11 is 6.00. The van der Waals surface area contributed by atoms with Crippen LogP contribution in [0.1, 0.15) is 25.7 Å². The number of fused-ring (bicyclic) bond motifs is 2. The molecule has 1 aromatic carbocycles. The molecule has 0 spiro atoms. The van der Waals surface area contributed by atoms with E-state index in [0.717, 1.165) is 19.3 Å². The largest absolute Gasteiger partial charge is 0.495 e. The molecule has 0 aromatic heterocycles. The Morgan fingerprint density at radius 3 is 2.65 bits per heavy atom. The molecule has 2 aliphatic rings. The molecule has 2 saturated carbocycles. The van der Waals surface area contributed by atoms with Crippen molar-refractivity contribution in [2.24, 2.45) is 11.8 Å². The average Bonchev–Trinajstić information content (AvgIpc) is 3.00. The minimum absolute atomic E-state index is 0.0830. The predicted molar refractivity (Wildman–Crippen MR) is 77.6 cm³/mol. The van der Waals surface area contributed by atoms with Crippen LogP contribution in [0.3, 0.4) is 0 Å². The monoisotopic (exact) mass is 315 g/mol. The van der Waals surface area contributed by atoms with Crippen molar-refractivity contribution >= 4 is 21.6 Å². The van der Waals surface area contributed by atoms with E-state index in [1.54, 1.807) is 6.07 Å². The lowest BCUT2D eigenvalue weighted by Gasteiger charge is -2.22. The number of hydrogen-bond acceptors (Lipinski definition) is 3. The normalized spacial score (nSPS) is 28.8.